The highest BCUT2D eigenvalue weighted by Gasteiger charge is 2.40. The lowest BCUT2D eigenvalue weighted by Crippen LogP contribution is -2.52. The third-order valence-corrected chi connectivity index (χ3v) is 6.71. The van der Waals surface area contributed by atoms with Gasteiger partial charge in [-0.2, -0.15) is 0 Å². The number of benzene rings is 2. The maximum Gasteiger partial charge on any atom is 0.243 e. The fraction of sp³-hybridized carbons (Fsp3) is 0.462. The molecule has 2 heterocycles. The number of aldehydes is 1. The van der Waals surface area contributed by atoms with Crippen LogP contribution in [0.15, 0.2) is 47.5 Å². The minimum Gasteiger partial charge on any atom is -0.489 e. The quantitative estimate of drug-likeness (QED) is 0.133. The Balaban J connectivity index is 0.00000380. The maximum absolute atomic E-state index is 13.3. The average molecular weight is 622 g/mol. The van der Waals surface area contributed by atoms with Crippen molar-refractivity contribution in [1.29, 1.82) is 0 Å². The molecule has 2 amide bonds. The molecule has 2 aromatic rings. The predicted molar refractivity (Wildman–Crippen MR) is 163 cm³/mol. The van der Waals surface area contributed by atoms with Crippen LogP contribution in [0.2, 0.25) is 0 Å². The zero-order valence-electron chi connectivity index (χ0n) is 22.0. The molecule has 4 rings (SSSR count). The predicted octanol–water partition coefficient (Wildman–Crippen LogP) is 1.12. The number of likely N-dealkylation sites (tertiary alicyclic amines) is 1. The third-order valence-electron chi connectivity index (χ3n) is 6.71. The summed E-state index contributed by atoms with van der Waals surface area (Å²) in [4.78, 5) is 43.2. The average Bonchev–Trinajstić information content (AvgIpc) is 3.55. The summed E-state index contributed by atoms with van der Waals surface area (Å²) in [7, 11) is 0. The number of guanidine groups is 1. The molecular formula is C26H39Cl3N6O5. The Morgan fingerprint density at radius 2 is 1.88 bits per heavy atom. The van der Waals surface area contributed by atoms with Crippen LogP contribution in [-0.4, -0.2) is 78.3 Å². The number of fused-ring (bicyclic) bond motifs is 1. The molecular weight excluding hydrogens is 583 g/mol. The summed E-state index contributed by atoms with van der Waals surface area (Å²) in [6, 6.07) is 12.4. The van der Waals surface area contributed by atoms with E-state index < -0.39 is 18.1 Å². The lowest BCUT2D eigenvalue weighted by molar-refractivity contribution is -0.140. The summed E-state index contributed by atoms with van der Waals surface area (Å²) in [5.74, 6) is 0.355. The molecule has 0 unspecified atom stereocenters. The number of hydrogen-bond acceptors (Lipinski definition) is 6. The molecule has 14 heteroatoms. The van der Waals surface area contributed by atoms with E-state index in [4.69, 9.17) is 16.2 Å². The summed E-state index contributed by atoms with van der Waals surface area (Å²) in [6.07, 6.45) is 3.38. The molecule has 0 spiro atoms. The number of carbonyl (C=O) groups excluding carboxylic acids is 3. The fourth-order valence-corrected chi connectivity index (χ4v) is 4.89. The topological polar surface area (TPSA) is 184 Å². The van der Waals surface area contributed by atoms with Crippen molar-refractivity contribution >= 4 is 72.1 Å². The van der Waals surface area contributed by atoms with Crippen molar-refractivity contribution in [1.82, 2.24) is 15.5 Å². The Hall–Kier alpha value is -2.83. The van der Waals surface area contributed by atoms with Crippen LogP contribution in [0.4, 0.5) is 0 Å². The first-order chi connectivity index (χ1) is 17.4. The van der Waals surface area contributed by atoms with Gasteiger partial charge in [-0.25, -0.2) is 0 Å². The van der Waals surface area contributed by atoms with Crippen LogP contribution < -0.4 is 26.8 Å². The number of rotatable bonds is 10. The summed E-state index contributed by atoms with van der Waals surface area (Å²) < 4.78 is 6.15. The normalized spacial score (nSPS) is 20.0. The van der Waals surface area contributed by atoms with E-state index in [-0.39, 0.29) is 66.6 Å². The van der Waals surface area contributed by atoms with Gasteiger partial charge in [-0.1, -0.05) is 30.3 Å². The lowest BCUT2D eigenvalue weighted by Gasteiger charge is -2.27. The van der Waals surface area contributed by atoms with E-state index in [9.17, 15) is 14.4 Å². The third kappa shape index (κ3) is 9.67. The molecule has 2 aliphatic heterocycles. The largest absolute Gasteiger partial charge is 0.489 e. The first kappa shape index (κ1) is 37.2. The molecule has 0 aromatic heterocycles. The maximum atomic E-state index is 13.3. The highest BCUT2D eigenvalue weighted by Crippen LogP contribution is 2.25. The number of aliphatic imine (C=N–C) groups is 1. The van der Waals surface area contributed by atoms with E-state index in [0.717, 1.165) is 22.9 Å². The van der Waals surface area contributed by atoms with E-state index in [0.29, 0.717) is 51.6 Å². The van der Waals surface area contributed by atoms with E-state index in [2.05, 4.69) is 21.7 Å². The first-order valence-corrected chi connectivity index (χ1v) is 12.4. The number of amides is 2. The molecule has 2 fully saturated rings. The van der Waals surface area contributed by atoms with Crippen LogP contribution in [0, 0.1) is 0 Å². The van der Waals surface area contributed by atoms with Crippen LogP contribution in [0.25, 0.3) is 10.8 Å². The SMILES string of the molecule is Cl.Cl.Cl.NC(N)=NCCC[C@@H](C=O)NC(=O)[C@@H]1CCCN1C(=O)[C@H]1C[C@H](Oc2ccc3ccccc3c2)CN1.O. The van der Waals surface area contributed by atoms with Gasteiger partial charge in [0.2, 0.25) is 11.8 Å². The minimum absolute atomic E-state index is 0. The summed E-state index contributed by atoms with van der Waals surface area (Å²) in [5.41, 5.74) is 10.6. The summed E-state index contributed by atoms with van der Waals surface area (Å²) >= 11 is 0. The summed E-state index contributed by atoms with van der Waals surface area (Å²) in [5, 5.41) is 8.28. The van der Waals surface area contributed by atoms with Crippen LogP contribution >= 0.6 is 37.2 Å². The highest BCUT2D eigenvalue weighted by molar-refractivity contribution is 5.91. The van der Waals surface area contributed by atoms with Gasteiger partial charge in [0.1, 0.15) is 24.2 Å². The van der Waals surface area contributed by atoms with Crippen LogP contribution in [-0.2, 0) is 14.4 Å². The molecule has 2 saturated heterocycles. The Labute approximate surface area is 252 Å². The van der Waals surface area contributed by atoms with E-state index >= 15 is 0 Å². The van der Waals surface area contributed by atoms with Gasteiger partial charge >= 0.3 is 0 Å². The Bertz CT molecular complexity index is 1140. The van der Waals surface area contributed by atoms with Crippen molar-refractivity contribution < 1.29 is 24.6 Å². The second-order valence-corrected chi connectivity index (χ2v) is 9.33. The Morgan fingerprint density at radius 3 is 2.58 bits per heavy atom. The molecule has 4 atom stereocenters. The van der Waals surface area contributed by atoms with Crippen molar-refractivity contribution in [3.63, 3.8) is 0 Å². The highest BCUT2D eigenvalue weighted by atomic mass is 35.5. The molecule has 2 aliphatic rings. The molecule has 0 aliphatic carbocycles. The van der Waals surface area contributed by atoms with Gasteiger partial charge in [0.15, 0.2) is 5.96 Å². The smallest absolute Gasteiger partial charge is 0.243 e. The zero-order valence-corrected chi connectivity index (χ0v) is 24.4. The second-order valence-electron chi connectivity index (χ2n) is 9.33. The monoisotopic (exact) mass is 620 g/mol. The zero-order chi connectivity index (χ0) is 25.5. The van der Waals surface area contributed by atoms with Gasteiger partial charge in [-0.05, 0) is 48.6 Å². The molecule has 40 heavy (non-hydrogen) atoms. The van der Waals surface area contributed by atoms with E-state index in [1.807, 2.05) is 36.4 Å². The first-order valence-electron chi connectivity index (χ1n) is 12.4. The van der Waals surface area contributed by atoms with Gasteiger partial charge < -0.3 is 42.0 Å². The van der Waals surface area contributed by atoms with Crippen molar-refractivity contribution in [3.8, 4) is 5.75 Å². The molecule has 224 valence electrons. The van der Waals surface area contributed by atoms with Gasteiger partial charge in [0.05, 0.1) is 12.1 Å². The number of halogens is 3. The standard InChI is InChI=1S/C26H34N6O4.3ClH.H2O/c27-26(28)29-11-3-7-19(16-33)31-24(34)23-8-4-12-32(23)25(35)22-14-21(15-30-22)36-20-10-9-17-5-1-2-6-18(17)13-20;;;;/h1-2,5-6,9-10,13,16,19,21-23,30H,3-4,7-8,11-12,14-15H2,(H,31,34)(H4,27,28,29);3*1H;1H2/t19-,21-,22+,23-;;;;/m0..../s1. The van der Waals surface area contributed by atoms with E-state index in [1.54, 1.807) is 4.90 Å². The molecule has 8 N–H and O–H groups in total. The van der Waals surface area contributed by atoms with Crippen molar-refractivity contribution in [2.45, 2.75) is 56.3 Å². The molecule has 0 radical (unpaired) electrons. The van der Waals surface area contributed by atoms with Crippen LogP contribution in [0.3, 0.4) is 0 Å². The number of carbonyl (C=O) groups is 3. The second kappa shape index (κ2) is 17.8. The number of nitrogens with zero attached hydrogens (tertiary/aromatic N) is 2. The van der Waals surface area contributed by atoms with Crippen molar-refractivity contribution in [2.75, 3.05) is 19.6 Å². The molecule has 0 saturated carbocycles. The van der Waals surface area contributed by atoms with Crippen LogP contribution in [0.1, 0.15) is 32.1 Å². The van der Waals surface area contributed by atoms with Gasteiger partial charge in [-0.3, -0.25) is 14.6 Å². The van der Waals surface area contributed by atoms with Gasteiger partial charge in [0, 0.05) is 26.1 Å². The molecule has 11 nitrogen and oxygen atoms in total. The number of nitrogens with two attached hydrogens (primary N) is 2. The van der Waals surface area contributed by atoms with E-state index in [1.165, 1.54) is 0 Å². The van der Waals surface area contributed by atoms with Gasteiger partial charge in [0.25, 0.3) is 0 Å². The van der Waals surface area contributed by atoms with Crippen molar-refractivity contribution in [3.05, 3.63) is 42.5 Å². The Kier molecular flexibility index (Phi) is 16.5. The fourth-order valence-electron chi connectivity index (χ4n) is 4.89. The van der Waals surface area contributed by atoms with Crippen molar-refractivity contribution in [2.24, 2.45) is 16.5 Å². The number of hydrogen-bond donors (Lipinski definition) is 4. The summed E-state index contributed by atoms with van der Waals surface area (Å²) in [6.45, 7) is 1.45. The lowest BCUT2D eigenvalue weighted by atomic mass is 10.1. The Morgan fingerprint density at radius 1 is 1.15 bits per heavy atom. The minimum atomic E-state index is -0.645. The molecule has 0 bridgehead atoms. The number of ether oxygens (including phenoxy) is 1. The molecule has 2 aromatic carbocycles. The van der Waals surface area contributed by atoms with Crippen LogP contribution in [0.5, 0.6) is 5.75 Å². The van der Waals surface area contributed by atoms with Gasteiger partial charge in [-0.15, -0.1) is 37.2 Å². The number of nitrogens with one attached hydrogen (secondary N) is 2.